The number of hydrogen-bond acceptors (Lipinski definition) is 5. The van der Waals surface area contributed by atoms with Gasteiger partial charge in [-0.3, -0.25) is 4.98 Å². The Bertz CT molecular complexity index is 952. The molecule has 4 aromatic rings. The zero-order valence-electron chi connectivity index (χ0n) is 12.0. The Hall–Kier alpha value is -3.41. The van der Waals surface area contributed by atoms with Crippen molar-refractivity contribution in [3.63, 3.8) is 0 Å². The molecule has 1 aromatic carbocycles. The summed E-state index contributed by atoms with van der Waals surface area (Å²) in [5.74, 6) is 0.892. The number of benzene rings is 1. The van der Waals surface area contributed by atoms with Gasteiger partial charge < -0.3 is 9.84 Å². The highest BCUT2D eigenvalue weighted by Crippen LogP contribution is 2.29. The summed E-state index contributed by atoms with van der Waals surface area (Å²) in [4.78, 5) is 8.40. The van der Waals surface area contributed by atoms with E-state index in [4.69, 9.17) is 4.74 Å². The van der Waals surface area contributed by atoms with Crippen LogP contribution in [0.3, 0.4) is 0 Å². The number of fused-ring (bicyclic) bond motifs is 1. The Morgan fingerprint density at radius 3 is 2.61 bits per heavy atom. The van der Waals surface area contributed by atoms with Gasteiger partial charge in [0, 0.05) is 17.8 Å². The van der Waals surface area contributed by atoms with Crippen molar-refractivity contribution in [1.82, 2.24) is 19.6 Å². The van der Waals surface area contributed by atoms with Crippen LogP contribution in [-0.2, 0) is 0 Å². The Balaban J connectivity index is 1.76. The minimum Gasteiger partial charge on any atom is -0.492 e. The van der Waals surface area contributed by atoms with Crippen LogP contribution in [0, 0.1) is 0 Å². The summed E-state index contributed by atoms with van der Waals surface area (Å²) in [6.07, 6.45) is 3.26. The summed E-state index contributed by atoms with van der Waals surface area (Å²) in [6, 6.07) is 16.5. The summed E-state index contributed by atoms with van der Waals surface area (Å²) >= 11 is 0. The Labute approximate surface area is 131 Å². The molecular formula is C17H12N4O2. The number of aromatic nitrogens is 4. The largest absolute Gasteiger partial charge is 0.492 e. The summed E-state index contributed by atoms with van der Waals surface area (Å²) in [6.45, 7) is 0. The van der Waals surface area contributed by atoms with E-state index in [0.717, 1.165) is 5.56 Å². The summed E-state index contributed by atoms with van der Waals surface area (Å²) in [5.41, 5.74) is 1.85. The highest BCUT2D eigenvalue weighted by molar-refractivity contribution is 5.68. The molecule has 3 aromatic heterocycles. The average molecular weight is 304 g/mol. The number of ether oxygens (including phenoxy) is 1. The van der Waals surface area contributed by atoms with E-state index in [1.165, 1.54) is 4.52 Å². The lowest BCUT2D eigenvalue weighted by Gasteiger charge is -2.04. The van der Waals surface area contributed by atoms with Crippen molar-refractivity contribution in [3.8, 4) is 28.8 Å². The maximum absolute atomic E-state index is 10.4. The first-order valence-electron chi connectivity index (χ1n) is 7.03. The molecule has 0 bridgehead atoms. The first kappa shape index (κ1) is 13.3. The molecule has 0 radical (unpaired) electrons. The van der Waals surface area contributed by atoms with Crippen LogP contribution in [0.25, 0.3) is 16.9 Å². The van der Waals surface area contributed by atoms with Gasteiger partial charge in [0.15, 0.2) is 5.65 Å². The number of imidazole rings is 1. The van der Waals surface area contributed by atoms with Crippen molar-refractivity contribution in [2.75, 3.05) is 0 Å². The number of aromatic hydroxyl groups is 1. The van der Waals surface area contributed by atoms with Crippen LogP contribution in [0.15, 0.2) is 67.0 Å². The molecule has 0 saturated carbocycles. The van der Waals surface area contributed by atoms with Gasteiger partial charge in [0.1, 0.15) is 11.4 Å². The van der Waals surface area contributed by atoms with Crippen molar-refractivity contribution in [1.29, 1.82) is 0 Å². The zero-order valence-corrected chi connectivity index (χ0v) is 12.0. The zero-order chi connectivity index (χ0) is 15.6. The topological polar surface area (TPSA) is 72.5 Å². The molecule has 23 heavy (non-hydrogen) atoms. The number of nitrogens with zero attached hydrogens (tertiary/aromatic N) is 4. The number of rotatable bonds is 3. The van der Waals surface area contributed by atoms with Gasteiger partial charge in [-0.1, -0.05) is 30.3 Å². The maximum Gasteiger partial charge on any atom is 0.241 e. The first-order chi connectivity index (χ1) is 11.3. The SMILES string of the molecule is Oc1c(-c2ccccc2)nc2ccc(Oc3cccnc3)nn12. The van der Waals surface area contributed by atoms with Crippen molar-refractivity contribution in [3.05, 3.63) is 67.0 Å². The normalized spacial score (nSPS) is 10.8. The van der Waals surface area contributed by atoms with Crippen LogP contribution < -0.4 is 4.74 Å². The molecule has 6 heteroatoms. The van der Waals surface area contributed by atoms with Crippen molar-refractivity contribution in [2.45, 2.75) is 0 Å². The lowest BCUT2D eigenvalue weighted by molar-refractivity contribution is 0.419. The average Bonchev–Trinajstić information content (AvgIpc) is 2.93. The van der Waals surface area contributed by atoms with E-state index in [9.17, 15) is 5.11 Å². The summed E-state index contributed by atoms with van der Waals surface area (Å²) < 4.78 is 6.98. The quantitative estimate of drug-likeness (QED) is 0.629. The third-order valence-corrected chi connectivity index (χ3v) is 3.33. The Morgan fingerprint density at radius 2 is 1.83 bits per heavy atom. The predicted octanol–water partition coefficient (Wildman–Crippen LogP) is 3.29. The van der Waals surface area contributed by atoms with E-state index in [-0.39, 0.29) is 5.88 Å². The molecule has 0 aliphatic rings. The van der Waals surface area contributed by atoms with Crippen molar-refractivity contribution in [2.24, 2.45) is 0 Å². The van der Waals surface area contributed by atoms with Crippen molar-refractivity contribution >= 4 is 5.65 Å². The van der Waals surface area contributed by atoms with Gasteiger partial charge in [0.2, 0.25) is 11.8 Å². The van der Waals surface area contributed by atoms with Gasteiger partial charge in [-0.2, -0.15) is 4.52 Å². The molecular weight excluding hydrogens is 292 g/mol. The molecule has 0 atom stereocenters. The summed E-state index contributed by atoms with van der Waals surface area (Å²) in [5, 5.41) is 14.7. The fraction of sp³-hybridized carbons (Fsp3) is 0. The van der Waals surface area contributed by atoms with Crippen LogP contribution in [0.5, 0.6) is 17.5 Å². The Kier molecular flexibility index (Phi) is 3.12. The smallest absolute Gasteiger partial charge is 0.241 e. The monoisotopic (exact) mass is 304 g/mol. The van der Waals surface area contributed by atoms with E-state index in [1.54, 1.807) is 36.7 Å². The van der Waals surface area contributed by atoms with Crippen LogP contribution >= 0.6 is 0 Å². The van der Waals surface area contributed by atoms with Crippen LogP contribution in [0.4, 0.5) is 0 Å². The third kappa shape index (κ3) is 2.46. The second kappa shape index (κ2) is 5.42. The van der Waals surface area contributed by atoms with E-state index in [1.807, 2.05) is 30.3 Å². The summed E-state index contributed by atoms with van der Waals surface area (Å²) in [7, 11) is 0. The van der Waals surface area contributed by atoms with Crippen LogP contribution in [0.1, 0.15) is 0 Å². The molecule has 1 N–H and O–H groups in total. The lowest BCUT2D eigenvalue weighted by atomic mass is 10.2. The highest BCUT2D eigenvalue weighted by atomic mass is 16.5. The molecule has 6 nitrogen and oxygen atoms in total. The van der Waals surface area contributed by atoms with Gasteiger partial charge >= 0.3 is 0 Å². The fourth-order valence-electron chi connectivity index (χ4n) is 2.28. The third-order valence-electron chi connectivity index (χ3n) is 3.33. The molecule has 3 heterocycles. The molecule has 0 aliphatic heterocycles. The second-order valence-electron chi connectivity index (χ2n) is 4.88. The fourth-order valence-corrected chi connectivity index (χ4v) is 2.28. The Morgan fingerprint density at radius 1 is 0.957 bits per heavy atom. The molecule has 0 fully saturated rings. The first-order valence-corrected chi connectivity index (χ1v) is 7.03. The van der Waals surface area contributed by atoms with Crippen LogP contribution in [0.2, 0.25) is 0 Å². The van der Waals surface area contributed by atoms with E-state index in [2.05, 4.69) is 15.1 Å². The van der Waals surface area contributed by atoms with E-state index in [0.29, 0.717) is 23.0 Å². The molecule has 4 rings (SSSR count). The molecule has 0 aliphatic carbocycles. The van der Waals surface area contributed by atoms with Gasteiger partial charge in [-0.25, -0.2) is 4.98 Å². The highest BCUT2D eigenvalue weighted by Gasteiger charge is 2.14. The maximum atomic E-state index is 10.4. The van der Waals surface area contributed by atoms with Crippen molar-refractivity contribution < 1.29 is 9.84 Å². The standard InChI is InChI=1S/C17H12N4O2/c22-17-16(12-5-2-1-3-6-12)19-14-8-9-15(20-21(14)17)23-13-7-4-10-18-11-13/h1-11,22H. The second-order valence-corrected chi connectivity index (χ2v) is 4.88. The number of hydrogen-bond donors (Lipinski definition) is 1. The van der Waals surface area contributed by atoms with Gasteiger partial charge in [-0.15, -0.1) is 5.10 Å². The minimum absolute atomic E-state index is 0.0252. The molecule has 112 valence electrons. The van der Waals surface area contributed by atoms with E-state index >= 15 is 0 Å². The van der Waals surface area contributed by atoms with Gasteiger partial charge in [0.25, 0.3) is 0 Å². The minimum atomic E-state index is -0.0252. The van der Waals surface area contributed by atoms with Crippen LogP contribution in [-0.4, -0.2) is 24.7 Å². The number of pyridine rings is 1. The van der Waals surface area contributed by atoms with E-state index < -0.39 is 0 Å². The predicted molar refractivity (Wildman–Crippen MR) is 84.4 cm³/mol. The van der Waals surface area contributed by atoms with Gasteiger partial charge in [0.05, 0.1) is 6.20 Å². The molecule has 0 spiro atoms. The molecule has 0 unspecified atom stereocenters. The molecule has 0 saturated heterocycles. The molecule has 0 amide bonds. The van der Waals surface area contributed by atoms with Gasteiger partial charge in [-0.05, 0) is 18.2 Å². The lowest BCUT2D eigenvalue weighted by Crippen LogP contribution is -1.95.